The molecule has 0 atom stereocenters. The summed E-state index contributed by atoms with van der Waals surface area (Å²) < 4.78 is 0. The van der Waals surface area contributed by atoms with Crippen molar-refractivity contribution in [2.45, 2.75) is 0 Å². The summed E-state index contributed by atoms with van der Waals surface area (Å²) in [5.41, 5.74) is 1.66. The highest BCUT2D eigenvalue weighted by molar-refractivity contribution is 5.96. The third-order valence-corrected chi connectivity index (χ3v) is 3.10. The van der Waals surface area contributed by atoms with Crippen LogP contribution in [0.4, 0.5) is 0 Å². The highest BCUT2D eigenvalue weighted by Gasteiger charge is 2.11. The second kappa shape index (κ2) is 8.70. The molecule has 0 saturated carbocycles. The topological polar surface area (TPSA) is 124 Å². The maximum Gasteiger partial charge on any atom is 0.251 e. The second-order valence-corrected chi connectivity index (χ2v) is 4.82. The van der Waals surface area contributed by atoms with Gasteiger partial charge in [-0.1, -0.05) is 0 Å². The number of nitrogens with zero attached hydrogens (tertiary/aromatic N) is 2. The molecular weight excluding hydrogens is 312 g/mol. The molecule has 4 N–H and O–H groups in total. The van der Waals surface area contributed by atoms with Gasteiger partial charge in [0.25, 0.3) is 11.8 Å². The minimum Gasteiger partial charge on any atom is -0.395 e. The first-order chi connectivity index (χ1) is 11.7. The highest BCUT2D eigenvalue weighted by Crippen LogP contribution is 2.16. The van der Waals surface area contributed by atoms with Crippen LogP contribution in [0.5, 0.6) is 0 Å². The number of hydrogen-bond donors (Lipinski definition) is 4. The molecule has 8 heteroatoms. The van der Waals surface area contributed by atoms with Gasteiger partial charge >= 0.3 is 0 Å². The second-order valence-electron chi connectivity index (χ2n) is 4.82. The molecule has 0 bridgehead atoms. The van der Waals surface area contributed by atoms with Gasteiger partial charge in [0.05, 0.1) is 24.6 Å². The van der Waals surface area contributed by atoms with Crippen molar-refractivity contribution in [2.75, 3.05) is 26.3 Å². The Kier molecular flexibility index (Phi) is 6.35. The van der Waals surface area contributed by atoms with Crippen molar-refractivity contribution >= 4 is 11.8 Å². The number of aromatic nitrogens is 2. The van der Waals surface area contributed by atoms with E-state index in [1.54, 1.807) is 24.3 Å². The van der Waals surface area contributed by atoms with Crippen LogP contribution in [0, 0.1) is 0 Å². The summed E-state index contributed by atoms with van der Waals surface area (Å²) in [6, 6.07) is 6.22. The fourth-order valence-corrected chi connectivity index (χ4v) is 1.97. The Labute approximate surface area is 138 Å². The van der Waals surface area contributed by atoms with E-state index in [4.69, 9.17) is 10.2 Å². The van der Waals surface area contributed by atoms with Gasteiger partial charge in [-0.15, -0.1) is 0 Å². The van der Waals surface area contributed by atoms with Gasteiger partial charge in [0.2, 0.25) is 0 Å². The molecule has 2 aromatic heterocycles. The van der Waals surface area contributed by atoms with Crippen LogP contribution in [0.1, 0.15) is 20.7 Å². The molecule has 8 nitrogen and oxygen atoms in total. The molecule has 126 valence electrons. The minimum absolute atomic E-state index is 0.143. The van der Waals surface area contributed by atoms with Gasteiger partial charge < -0.3 is 20.8 Å². The number of carbonyl (C=O) groups excluding carboxylic acids is 2. The number of carbonyl (C=O) groups is 2. The lowest BCUT2D eigenvalue weighted by molar-refractivity contribution is 0.0937. The number of aliphatic hydroxyl groups is 2. The van der Waals surface area contributed by atoms with E-state index in [0.717, 1.165) is 0 Å². The van der Waals surface area contributed by atoms with Crippen LogP contribution < -0.4 is 10.6 Å². The van der Waals surface area contributed by atoms with E-state index >= 15 is 0 Å². The Morgan fingerprint density at radius 2 is 1.25 bits per heavy atom. The molecule has 0 aliphatic rings. The Bertz CT molecular complexity index is 659. The first-order valence-electron chi connectivity index (χ1n) is 7.36. The largest absolute Gasteiger partial charge is 0.395 e. The average Bonchev–Trinajstić information content (AvgIpc) is 2.64. The van der Waals surface area contributed by atoms with E-state index in [9.17, 15) is 9.59 Å². The van der Waals surface area contributed by atoms with Crippen LogP contribution in [0.15, 0.2) is 36.7 Å². The zero-order valence-electron chi connectivity index (χ0n) is 12.9. The molecule has 2 aromatic rings. The molecule has 0 aliphatic carbocycles. The molecule has 0 spiro atoms. The Hall–Kier alpha value is -2.84. The highest BCUT2D eigenvalue weighted by atomic mass is 16.3. The molecule has 0 aromatic carbocycles. The summed E-state index contributed by atoms with van der Waals surface area (Å²) in [5, 5.41) is 22.6. The molecule has 0 unspecified atom stereocenters. The van der Waals surface area contributed by atoms with Crippen LogP contribution in [0.25, 0.3) is 11.4 Å². The van der Waals surface area contributed by atoms with Gasteiger partial charge in [0.15, 0.2) is 0 Å². The quantitative estimate of drug-likeness (QED) is 0.547. The van der Waals surface area contributed by atoms with E-state index in [2.05, 4.69) is 20.6 Å². The van der Waals surface area contributed by atoms with Crippen LogP contribution >= 0.6 is 0 Å². The Morgan fingerprint density at radius 1 is 0.833 bits per heavy atom. The number of rotatable bonds is 7. The lowest BCUT2D eigenvalue weighted by Gasteiger charge is -2.07. The van der Waals surface area contributed by atoms with E-state index in [1.165, 1.54) is 12.4 Å². The summed E-state index contributed by atoms with van der Waals surface area (Å²) in [6.45, 7) is 0.0387. The SMILES string of the molecule is O=C(NCCO)c1ccnc(-c2cc(C(=O)NCCO)ccn2)c1. The smallest absolute Gasteiger partial charge is 0.251 e. The first kappa shape index (κ1) is 17.5. The van der Waals surface area contributed by atoms with Crippen molar-refractivity contribution in [1.82, 2.24) is 20.6 Å². The molecule has 24 heavy (non-hydrogen) atoms. The predicted octanol–water partition coefficient (Wildman–Crippen LogP) is -0.412. The third-order valence-electron chi connectivity index (χ3n) is 3.10. The van der Waals surface area contributed by atoms with Crippen molar-refractivity contribution in [3.8, 4) is 11.4 Å². The number of hydrogen-bond acceptors (Lipinski definition) is 6. The van der Waals surface area contributed by atoms with Gasteiger partial charge in [-0.2, -0.15) is 0 Å². The molecule has 0 aliphatic heterocycles. The first-order valence-corrected chi connectivity index (χ1v) is 7.36. The normalized spacial score (nSPS) is 10.2. The van der Waals surface area contributed by atoms with Gasteiger partial charge in [0.1, 0.15) is 0 Å². The fraction of sp³-hybridized carbons (Fsp3) is 0.250. The van der Waals surface area contributed by atoms with Crippen molar-refractivity contribution in [1.29, 1.82) is 0 Å². The van der Waals surface area contributed by atoms with E-state index in [1.807, 2.05) is 0 Å². The van der Waals surface area contributed by atoms with Crippen LogP contribution in [0.3, 0.4) is 0 Å². The van der Waals surface area contributed by atoms with Gasteiger partial charge in [-0.25, -0.2) is 0 Å². The Balaban J connectivity index is 2.22. The van der Waals surface area contributed by atoms with Gasteiger partial charge in [-0.3, -0.25) is 19.6 Å². The summed E-state index contributed by atoms with van der Waals surface area (Å²) in [5.74, 6) is -0.658. The maximum atomic E-state index is 11.9. The van der Waals surface area contributed by atoms with Crippen molar-refractivity contribution in [2.24, 2.45) is 0 Å². The number of pyridine rings is 2. The van der Waals surface area contributed by atoms with Crippen LogP contribution in [-0.2, 0) is 0 Å². The Morgan fingerprint density at radius 3 is 1.62 bits per heavy atom. The molecule has 0 radical (unpaired) electrons. The lowest BCUT2D eigenvalue weighted by Crippen LogP contribution is -2.26. The minimum atomic E-state index is -0.329. The predicted molar refractivity (Wildman–Crippen MR) is 86.3 cm³/mol. The molecule has 2 heterocycles. The van der Waals surface area contributed by atoms with E-state index in [-0.39, 0.29) is 38.1 Å². The summed E-state index contributed by atoms with van der Waals surface area (Å²) in [7, 11) is 0. The average molecular weight is 330 g/mol. The third kappa shape index (κ3) is 4.58. The molecular formula is C16H18N4O4. The van der Waals surface area contributed by atoms with Crippen LogP contribution in [0.2, 0.25) is 0 Å². The molecule has 2 amide bonds. The van der Waals surface area contributed by atoms with Crippen molar-refractivity contribution in [3.05, 3.63) is 47.8 Å². The lowest BCUT2D eigenvalue weighted by atomic mass is 10.1. The molecule has 2 rings (SSSR count). The molecule has 0 saturated heterocycles. The van der Waals surface area contributed by atoms with Crippen molar-refractivity contribution < 1.29 is 19.8 Å². The fourth-order valence-electron chi connectivity index (χ4n) is 1.97. The van der Waals surface area contributed by atoms with E-state index < -0.39 is 0 Å². The zero-order chi connectivity index (χ0) is 17.4. The zero-order valence-corrected chi connectivity index (χ0v) is 12.9. The van der Waals surface area contributed by atoms with Gasteiger partial charge in [-0.05, 0) is 24.3 Å². The number of aliphatic hydroxyl groups excluding tert-OH is 2. The maximum absolute atomic E-state index is 11.9. The summed E-state index contributed by atoms with van der Waals surface area (Å²) >= 11 is 0. The van der Waals surface area contributed by atoms with Crippen LogP contribution in [-0.4, -0.2) is 58.3 Å². The number of nitrogens with one attached hydrogen (secondary N) is 2. The summed E-state index contributed by atoms with van der Waals surface area (Å²) in [6.07, 6.45) is 2.95. The number of amides is 2. The van der Waals surface area contributed by atoms with E-state index in [0.29, 0.717) is 22.5 Å². The molecule has 0 fully saturated rings. The van der Waals surface area contributed by atoms with Crippen molar-refractivity contribution in [3.63, 3.8) is 0 Å². The standard InChI is InChI=1S/C16H18N4O4/c21-7-5-19-15(23)11-1-3-17-13(9-11)14-10-12(2-4-18-14)16(24)20-6-8-22/h1-4,9-10,21-22H,5-8H2,(H,19,23)(H,20,24). The van der Waals surface area contributed by atoms with Gasteiger partial charge in [0, 0.05) is 36.6 Å². The summed E-state index contributed by atoms with van der Waals surface area (Å²) in [4.78, 5) is 32.2. The monoisotopic (exact) mass is 330 g/mol.